The second-order valence-corrected chi connectivity index (χ2v) is 7.86. The molecule has 1 aromatic heterocycles. The molecule has 2 heterocycles. The van der Waals surface area contributed by atoms with Crippen molar-refractivity contribution >= 4 is 5.91 Å². The molecule has 0 atom stereocenters. The van der Waals surface area contributed by atoms with Crippen molar-refractivity contribution in [3.05, 3.63) is 69.9 Å². The van der Waals surface area contributed by atoms with Crippen LogP contribution in [0.25, 0.3) is 11.4 Å². The molecular formula is C24H26FN5O4. The predicted molar refractivity (Wildman–Crippen MR) is 123 cm³/mol. The molecule has 0 saturated carbocycles. The number of aromatic amines is 1. The number of aryl methyl sites for hydroxylation is 1. The number of amides is 1. The highest BCUT2D eigenvalue weighted by Gasteiger charge is 2.17. The van der Waals surface area contributed by atoms with Crippen molar-refractivity contribution in [1.29, 1.82) is 0 Å². The minimum atomic E-state index is -0.386. The summed E-state index contributed by atoms with van der Waals surface area (Å²) in [6.45, 7) is 3.07. The van der Waals surface area contributed by atoms with Crippen LogP contribution in [0.15, 0.2) is 47.3 Å². The van der Waals surface area contributed by atoms with Crippen LogP contribution in [0, 0.1) is 5.82 Å². The maximum absolute atomic E-state index is 13.4. The Morgan fingerprint density at radius 2 is 1.94 bits per heavy atom. The first kappa shape index (κ1) is 23.4. The topological polar surface area (TPSA) is 109 Å². The summed E-state index contributed by atoms with van der Waals surface area (Å²) in [5.74, 6) is 0.848. The first-order chi connectivity index (χ1) is 16.5. The Hall–Kier alpha value is -3.79. The molecule has 34 heavy (non-hydrogen) atoms. The lowest BCUT2D eigenvalue weighted by Crippen LogP contribution is -2.46. The van der Waals surface area contributed by atoms with Gasteiger partial charge in [0.1, 0.15) is 18.1 Å². The van der Waals surface area contributed by atoms with Crippen LogP contribution >= 0.6 is 0 Å². The van der Waals surface area contributed by atoms with Crippen LogP contribution in [-0.4, -0.2) is 59.3 Å². The highest BCUT2D eigenvalue weighted by Crippen LogP contribution is 2.31. The van der Waals surface area contributed by atoms with E-state index < -0.39 is 0 Å². The summed E-state index contributed by atoms with van der Waals surface area (Å²) in [6, 6.07) is 11.2. The molecule has 10 heteroatoms. The van der Waals surface area contributed by atoms with E-state index in [1.54, 1.807) is 35.2 Å². The van der Waals surface area contributed by atoms with E-state index in [1.165, 1.54) is 19.2 Å². The molecule has 0 spiro atoms. The van der Waals surface area contributed by atoms with Gasteiger partial charge in [-0.3, -0.25) is 9.59 Å². The van der Waals surface area contributed by atoms with E-state index in [2.05, 4.69) is 20.5 Å². The van der Waals surface area contributed by atoms with Crippen molar-refractivity contribution in [3.63, 3.8) is 0 Å². The minimum absolute atomic E-state index is 0.00495. The fourth-order valence-corrected chi connectivity index (χ4v) is 3.67. The molecule has 178 valence electrons. The molecule has 2 aromatic carbocycles. The molecule has 1 aliphatic heterocycles. The molecule has 1 fully saturated rings. The predicted octanol–water partition coefficient (Wildman–Crippen LogP) is 1.92. The quantitative estimate of drug-likeness (QED) is 0.521. The van der Waals surface area contributed by atoms with Crippen molar-refractivity contribution < 1.29 is 18.7 Å². The molecule has 0 bridgehead atoms. The van der Waals surface area contributed by atoms with Crippen LogP contribution in [0.3, 0.4) is 0 Å². The normalized spacial score (nSPS) is 13.5. The van der Waals surface area contributed by atoms with Crippen LogP contribution < -0.4 is 20.3 Å². The Labute approximate surface area is 195 Å². The Morgan fingerprint density at radius 1 is 1.12 bits per heavy atom. The number of nitrogens with one attached hydrogen (secondary N) is 2. The Bertz CT molecular complexity index is 1210. The summed E-state index contributed by atoms with van der Waals surface area (Å²) in [4.78, 5) is 29.4. The van der Waals surface area contributed by atoms with Crippen LogP contribution in [0.1, 0.15) is 17.7 Å². The van der Waals surface area contributed by atoms with Gasteiger partial charge in [0, 0.05) is 44.6 Å². The zero-order valence-corrected chi connectivity index (χ0v) is 18.8. The van der Waals surface area contributed by atoms with Gasteiger partial charge < -0.3 is 24.7 Å². The Morgan fingerprint density at radius 3 is 2.68 bits per heavy atom. The molecular weight excluding hydrogens is 441 g/mol. The maximum Gasteiger partial charge on any atom is 0.273 e. The van der Waals surface area contributed by atoms with E-state index in [1.807, 2.05) is 0 Å². The molecule has 2 N–H and O–H groups in total. The van der Waals surface area contributed by atoms with Crippen molar-refractivity contribution in [2.45, 2.75) is 19.4 Å². The van der Waals surface area contributed by atoms with Gasteiger partial charge in [-0.05, 0) is 35.9 Å². The summed E-state index contributed by atoms with van der Waals surface area (Å²) >= 11 is 0. The van der Waals surface area contributed by atoms with E-state index in [0.29, 0.717) is 35.7 Å². The van der Waals surface area contributed by atoms with Gasteiger partial charge in [0.05, 0.1) is 7.11 Å². The lowest BCUT2D eigenvalue weighted by atomic mass is 10.1. The van der Waals surface area contributed by atoms with Gasteiger partial charge in [-0.1, -0.05) is 12.1 Å². The second-order valence-electron chi connectivity index (χ2n) is 7.86. The van der Waals surface area contributed by atoms with Crippen LogP contribution in [0.4, 0.5) is 4.39 Å². The number of carbonyl (C=O) groups excluding carboxylic acids is 1. The third kappa shape index (κ3) is 5.76. The van der Waals surface area contributed by atoms with Gasteiger partial charge in [0.25, 0.3) is 5.56 Å². The Kier molecular flexibility index (Phi) is 7.48. The van der Waals surface area contributed by atoms with Crippen LogP contribution in [0.2, 0.25) is 0 Å². The zero-order valence-electron chi connectivity index (χ0n) is 18.8. The third-order valence-electron chi connectivity index (χ3n) is 5.53. The summed E-state index contributed by atoms with van der Waals surface area (Å²) < 4.78 is 24.5. The van der Waals surface area contributed by atoms with Gasteiger partial charge in [-0.2, -0.15) is 0 Å². The van der Waals surface area contributed by atoms with Gasteiger partial charge in [0.15, 0.2) is 17.3 Å². The van der Waals surface area contributed by atoms with E-state index >= 15 is 0 Å². The number of H-pyrrole nitrogens is 1. The van der Waals surface area contributed by atoms with Gasteiger partial charge >= 0.3 is 0 Å². The van der Waals surface area contributed by atoms with Crippen LogP contribution in [0.5, 0.6) is 11.5 Å². The number of aromatic nitrogens is 3. The standard InChI is InChI=1S/C24H26FN5O4/c1-33-21-14-17(5-7-20(21)34-15-16-3-2-4-18(25)13-16)23-27-24(32)19(28-29-23)6-8-22(31)30-11-9-26-10-12-30/h2-5,7,13-14,26H,6,8-12,15H2,1H3,(H,27,29,32). The van der Waals surface area contributed by atoms with Gasteiger partial charge in [-0.25, -0.2) is 4.39 Å². The summed E-state index contributed by atoms with van der Waals surface area (Å²) in [7, 11) is 1.50. The number of piperazine rings is 1. The van der Waals surface area contributed by atoms with E-state index in [4.69, 9.17) is 9.47 Å². The third-order valence-corrected chi connectivity index (χ3v) is 5.53. The maximum atomic E-state index is 13.4. The van der Waals surface area contributed by atoms with Crippen LogP contribution in [-0.2, 0) is 17.8 Å². The van der Waals surface area contributed by atoms with Crippen molar-refractivity contribution in [2.75, 3.05) is 33.3 Å². The number of halogens is 1. The molecule has 9 nitrogen and oxygen atoms in total. The zero-order chi connectivity index (χ0) is 23.9. The molecule has 0 radical (unpaired) electrons. The van der Waals surface area contributed by atoms with Gasteiger partial charge in [0.2, 0.25) is 5.91 Å². The fourth-order valence-electron chi connectivity index (χ4n) is 3.67. The summed E-state index contributed by atoms with van der Waals surface area (Å²) in [6.07, 6.45) is 0.434. The Balaban J connectivity index is 1.42. The number of ether oxygens (including phenoxy) is 2. The number of methoxy groups -OCH3 is 1. The lowest BCUT2D eigenvalue weighted by Gasteiger charge is -2.27. The smallest absolute Gasteiger partial charge is 0.273 e. The molecule has 1 aliphatic rings. The largest absolute Gasteiger partial charge is 0.493 e. The first-order valence-electron chi connectivity index (χ1n) is 11.0. The molecule has 4 rings (SSSR count). The number of rotatable bonds is 8. The first-order valence-corrected chi connectivity index (χ1v) is 11.0. The summed E-state index contributed by atoms with van der Waals surface area (Å²) in [5.41, 5.74) is 1.10. The van der Waals surface area contributed by atoms with E-state index in [0.717, 1.165) is 13.1 Å². The summed E-state index contributed by atoms with van der Waals surface area (Å²) in [5, 5.41) is 11.4. The van der Waals surface area contributed by atoms with Gasteiger partial charge in [-0.15, -0.1) is 10.2 Å². The highest BCUT2D eigenvalue weighted by molar-refractivity contribution is 5.76. The number of hydrogen-bond donors (Lipinski definition) is 2. The number of nitrogens with zero attached hydrogens (tertiary/aromatic N) is 3. The lowest BCUT2D eigenvalue weighted by molar-refractivity contribution is -0.131. The van der Waals surface area contributed by atoms with Crippen molar-refractivity contribution in [2.24, 2.45) is 0 Å². The SMILES string of the molecule is COc1cc(-c2nnc(CCC(=O)N3CCNCC3)c(=O)[nH]2)ccc1OCc1cccc(F)c1. The molecule has 0 unspecified atom stereocenters. The molecule has 3 aromatic rings. The minimum Gasteiger partial charge on any atom is -0.493 e. The molecule has 0 aliphatic carbocycles. The average molecular weight is 468 g/mol. The molecule has 1 saturated heterocycles. The highest BCUT2D eigenvalue weighted by atomic mass is 19.1. The number of benzene rings is 2. The van der Waals surface area contributed by atoms with E-state index in [-0.39, 0.29) is 48.3 Å². The van der Waals surface area contributed by atoms with Crippen molar-refractivity contribution in [1.82, 2.24) is 25.4 Å². The number of carbonyl (C=O) groups is 1. The van der Waals surface area contributed by atoms with E-state index in [9.17, 15) is 14.0 Å². The number of hydrogen-bond acceptors (Lipinski definition) is 7. The fraction of sp³-hybridized carbons (Fsp3) is 0.333. The average Bonchev–Trinajstić information content (AvgIpc) is 2.87. The second kappa shape index (κ2) is 10.9. The molecule has 1 amide bonds. The monoisotopic (exact) mass is 467 g/mol. The van der Waals surface area contributed by atoms with Crippen molar-refractivity contribution in [3.8, 4) is 22.9 Å².